The van der Waals surface area contributed by atoms with Gasteiger partial charge in [-0.3, -0.25) is 4.79 Å². The van der Waals surface area contributed by atoms with E-state index in [0.29, 0.717) is 13.0 Å². The van der Waals surface area contributed by atoms with Gasteiger partial charge in [-0.15, -0.1) is 0 Å². The maximum absolute atomic E-state index is 12.5. The van der Waals surface area contributed by atoms with Gasteiger partial charge in [0, 0.05) is 38.4 Å². The fourth-order valence-corrected chi connectivity index (χ4v) is 3.30. The molecule has 0 bridgehead atoms. The van der Waals surface area contributed by atoms with Crippen LogP contribution in [0.5, 0.6) is 5.75 Å². The van der Waals surface area contributed by atoms with Gasteiger partial charge in [0.25, 0.3) is 5.91 Å². The number of amides is 1. The van der Waals surface area contributed by atoms with Crippen LogP contribution in [0, 0.1) is 6.92 Å². The Hall–Kier alpha value is -2.53. The largest absolute Gasteiger partial charge is 0.481 e. The molecule has 150 valence electrons. The number of hydrogen-bond donors (Lipinski definition) is 1. The smallest absolute Gasteiger partial charge is 0.261 e. The zero-order valence-electron chi connectivity index (χ0n) is 17.1. The van der Waals surface area contributed by atoms with Crippen LogP contribution in [0.1, 0.15) is 24.5 Å². The summed E-state index contributed by atoms with van der Waals surface area (Å²) >= 11 is 0. The van der Waals surface area contributed by atoms with Gasteiger partial charge in [-0.2, -0.15) is 0 Å². The fraction of sp³-hybridized carbons (Fsp3) is 0.435. The zero-order valence-corrected chi connectivity index (χ0v) is 17.1. The summed E-state index contributed by atoms with van der Waals surface area (Å²) in [6.07, 6.45) is 0.148. The first-order valence-corrected chi connectivity index (χ1v) is 10.1. The van der Waals surface area contributed by atoms with Gasteiger partial charge >= 0.3 is 0 Å². The topological polar surface area (TPSA) is 44.8 Å². The van der Waals surface area contributed by atoms with Crippen molar-refractivity contribution in [1.29, 1.82) is 0 Å². The van der Waals surface area contributed by atoms with Gasteiger partial charge in [-0.1, -0.05) is 36.8 Å². The number of carbonyl (C=O) groups excluding carboxylic acids is 1. The summed E-state index contributed by atoms with van der Waals surface area (Å²) in [5.41, 5.74) is 3.51. The Morgan fingerprint density at radius 2 is 1.68 bits per heavy atom. The van der Waals surface area contributed by atoms with Crippen LogP contribution in [0.2, 0.25) is 0 Å². The van der Waals surface area contributed by atoms with Crippen molar-refractivity contribution in [2.24, 2.45) is 0 Å². The number of benzene rings is 2. The third-order valence-electron chi connectivity index (χ3n) is 5.23. The molecule has 0 spiro atoms. The molecule has 2 aromatic carbocycles. The van der Waals surface area contributed by atoms with E-state index in [0.717, 1.165) is 37.5 Å². The molecule has 0 radical (unpaired) electrons. The molecule has 28 heavy (non-hydrogen) atoms. The second-order valence-corrected chi connectivity index (χ2v) is 7.50. The number of hydrogen-bond acceptors (Lipinski definition) is 4. The second-order valence-electron chi connectivity index (χ2n) is 7.50. The van der Waals surface area contributed by atoms with Crippen molar-refractivity contribution in [2.75, 3.05) is 38.1 Å². The van der Waals surface area contributed by atoms with Crippen LogP contribution in [0.15, 0.2) is 48.5 Å². The van der Waals surface area contributed by atoms with Gasteiger partial charge in [0.05, 0.1) is 0 Å². The Morgan fingerprint density at radius 1 is 1.04 bits per heavy atom. The highest BCUT2D eigenvalue weighted by molar-refractivity contribution is 5.81. The molecular weight excluding hydrogens is 350 g/mol. The standard InChI is InChI=1S/C23H31N3O2/c1-4-22(28-21-11-5-18(2)6-12-21)23(27)24-17-19-7-9-20(10-8-19)26-15-13-25(3)14-16-26/h5-12,22H,4,13-17H2,1-3H3,(H,24,27)/t22-/m1/s1. The number of nitrogens with one attached hydrogen (secondary N) is 1. The number of nitrogens with zero attached hydrogens (tertiary/aromatic N) is 2. The molecule has 3 rings (SSSR count). The van der Waals surface area contributed by atoms with Crippen molar-refractivity contribution >= 4 is 11.6 Å². The molecule has 1 saturated heterocycles. The molecule has 5 heteroatoms. The van der Waals surface area contributed by atoms with Crippen molar-refractivity contribution in [3.8, 4) is 5.75 Å². The number of piperazine rings is 1. The van der Waals surface area contributed by atoms with E-state index >= 15 is 0 Å². The predicted molar refractivity (Wildman–Crippen MR) is 114 cm³/mol. The number of anilines is 1. The lowest BCUT2D eigenvalue weighted by atomic mass is 10.1. The van der Waals surface area contributed by atoms with E-state index in [2.05, 4.69) is 46.4 Å². The Morgan fingerprint density at radius 3 is 2.29 bits per heavy atom. The highest BCUT2D eigenvalue weighted by atomic mass is 16.5. The van der Waals surface area contributed by atoms with E-state index in [-0.39, 0.29) is 5.91 Å². The van der Waals surface area contributed by atoms with Crippen LogP contribution in [0.3, 0.4) is 0 Å². The average Bonchev–Trinajstić information content (AvgIpc) is 2.72. The number of rotatable bonds is 7. The third-order valence-corrected chi connectivity index (χ3v) is 5.23. The SMILES string of the molecule is CC[C@@H](Oc1ccc(C)cc1)C(=O)NCc1ccc(N2CCN(C)CC2)cc1. The van der Waals surface area contributed by atoms with Crippen molar-refractivity contribution in [1.82, 2.24) is 10.2 Å². The van der Waals surface area contributed by atoms with E-state index in [4.69, 9.17) is 4.74 Å². The lowest BCUT2D eigenvalue weighted by Gasteiger charge is -2.34. The van der Waals surface area contributed by atoms with Crippen molar-refractivity contribution in [3.63, 3.8) is 0 Å². The normalized spacial score (nSPS) is 15.9. The maximum Gasteiger partial charge on any atom is 0.261 e. The molecule has 1 amide bonds. The molecule has 1 aliphatic heterocycles. The van der Waals surface area contributed by atoms with E-state index in [1.165, 1.54) is 11.3 Å². The Kier molecular flexibility index (Phi) is 6.93. The van der Waals surface area contributed by atoms with Gasteiger partial charge in [-0.05, 0) is 50.2 Å². The van der Waals surface area contributed by atoms with Gasteiger partial charge in [0.1, 0.15) is 5.75 Å². The van der Waals surface area contributed by atoms with Gasteiger partial charge in [0.2, 0.25) is 0 Å². The van der Waals surface area contributed by atoms with Crippen LogP contribution in [-0.2, 0) is 11.3 Å². The van der Waals surface area contributed by atoms with E-state index in [9.17, 15) is 4.79 Å². The summed E-state index contributed by atoms with van der Waals surface area (Å²) in [5.74, 6) is 0.648. The summed E-state index contributed by atoms with van der Waals surface area (Å²) in [7, 11) is 2.16. The zero-order chi connectivity index (χ0) is 19.9. The first-order valence-electron chi connectivity index (χ1n) is 10.1. The maximum atomic E-state index is 12.5. The lowest BCUT2D eigenvalue weighted by Crippen LogP contribution is -2.44. The minimum atomic E-state index is -0.479. The molecule has 5 nitrogen and oxygen atoms in total. The van der Waals surface area contributed by atoms with Gasteiger partial charge in [0.15, 0.2) is 6.10 Å². The minimum Gasteiger partial charge on any atom is -0.481 e. The summed E-state index contributed by atoms with van der Waals surface area (Å²) in [6, 6.07) is 16.3. The number of ether oxygens (including phenoxy) is 1. The number of likely N-dealkylation sites (N-methyl/N-ethyl adjacent to an activating group) is 1. The summed E-state index contributed by atoms with van der Waals surface area (Å²) in [6.45, 7) is 8.80. The van der Waals surface area contributed by atoms with Crippen molar-refractivity contribution < 1.29 is 9.53 Å². The number of aryl methyl sites for hydroxylation is 1. The fourth-order valence-electron chi connectivity index (χ4n) is 3.30. The molecule has 1 heterocycles. The van der Waals surface area contributed by atoms with E-state index in [1.54, 1.807) is 0 Å². The average molecular weight is 382 g/mol. The first kappa shape index (κ1) is 20.2. The lowest BCUT2D eigenvalue weighted by molar-refractivity contribution is -0.128. The van der Waals surface area contributed by atoms with Crippen LogP contribution >= 0.6 is 0 Å². The summed E-state index contributed by atoms with van der Waals surface area (Å²) < 4.78 is 5.85. The molecule has 2 aromatic rings. The minimum absolute atomic E-state index is 0.0776. The molecule has 0 unspecified atom stereocenters. The summed E-state index contributed by atoms with van der Waals surface area (Å²) in [5, 5.41) is 3.00. The van der Waals surface area contributed by atoms with Crippen LogP contribution in [0.4, 0.5) is 5.69 Å². The van der Waals surface area contributed by atoms with Crippen molar-refractivity contribution in [2.45, 2.75) is 32.9 Å². The van der Waals surface area contributed by atoms with Gasteiger partial charge in [-0.25, -0.2) is 0 Å². The second kappa shape index (κ2) is 9.60. The molecule has 1 atom stereocenters. The molecule has 0 aliphatic carbocycles. The number of carbonyl (C=O) groups is 1. The van der Waals surface area contributed by atoms with Crippen LogP contribution in [0.25, 0.3) is 0 Å². The highest BCUT2D eigenvalue weighted by Crippen LogP contribution is 2.18. The Bertz CT molecular complexity index is 750. The summed E-state index contributed by atoms with van der Waals surface area (Å²) in [4.78, 5) is 17.3. The molecule has 1 aliphatic rings. The third kappa shape index (κ3) is 5.49. The van der Waals surface area contributed by atoms with Crippen LogP contribution < -0.4 is 15.0 Å². The van der Waals surface area contributed by atoms with Gasteiger partial charge < -0.3 is 19.9 Å². The van der Waals surface area contributed by atoms with Crippen molar-refractivity contribution in [3.05, 3.63) is 59.7 Å². The Balaban J connectivity index is 1.50. The van der Waals surface area contributed by atoms with E-state index in [1.807, 2.05) is 38.1 Å². The molecule has 0 saturated carbocycles. The molecule has 0 aromatic heterocycles. The van der Waals surface area contributed by atoms with E-state index < -0.39 is 6.10 Å². The molecular formula is C23H31N3O2. The predicted octanol–water partition coefficient (Wildman–Crippen LogP) is 3.22. The quantitative estimate of drug-likeness (QED) is 0.800. The molecule has 1 fully saturated rings. The Labute approximate surface area is 168 Å². The van der Waals surface area contributed by atoms with Crippen LogP contribution in [-0.4, -0.2) is 50.1 Å². The molecule has 1 N–H and O–H groups in total. The first-order chi connectivity index (χ1) is 13.5. The highest BCUT2D eigenvalue weighted by Gasteiger charge is 2.18. The monoisotopic (exact) mass is 381 g/mol.